The standard InChI is InChI=1S/C14H28N2O/c1-4-15-13(12-6-5-7-12)14(2,3)16-8-10-17-11-9-16/h12-13,15H,4-11H2,1-3H3. The minimum absolute atomic E-state index is 0.255. The predicted octanol–water partition coefficient (Wildman–Crippen LogP) is 1.88. The van der Waals surface area contributed by atoms with Crippen molar-refractivity contribution in [1.29, 1.82) is 0 Å². The number of nitrogens with zero attached hydrogens (tertiary/aromatic N) is 1. The van der Waals surface area contributed by atoms with Gasteiger partial charge in [0.05, 0.1) is 13.2 Å². The normalized spacial score (nSPS) is 25.6. The van der Waals surface area contributed by atoms with Crippen molar-refractivity contribution in [3.05, 3.63) is 0 Å². The molecule has 1 aliphatic heterocycles. The fourth-order valence-electron chi connectivity index (χ4n) is 3.32. The van der Waals surface area contributed by atoms with Crippen LogP contribution in [-0.2, 0) is 4.74 Å². The Balaban J connectivity index is 2.02. The molecule has 0 amide bonds. The van der Waals surface area contributed by atoms with Gasteiger partial charge in [-0.25, -0.2) is 0 Å². The van der Waals surface area contributed by atoms with E-state index < -0.39 is 0 Å². The van der Waals surface area contributed by atoms with Gasteiger partial charge in [-0.2, -0.15) is 0 Å². The predicted molar refractivity (Wildman–Crippen MR) is 71.3 cm³/mol. The van der Waals surface area contributed by atoms with Crippen LogP contribution < -0.4 is 5.32 Å². The smallest absolute Gasteiger partial charge is 0.0594 e. The summed E-state index contributed by atoms with van der Waals surface area (Å²) >= 11 is 0. The molecular weight excluding hydrogens is 212 g/mol. The van der Waals surface area contributed by atoms with E-state index in [9.17, 15) is 0 Å². The van der Waals surface area contributed by atoms with Crippen molar-refractivity contribution in [3.63, 3.8) is 0 Å². The Morgan fingerprint density at radius 1 is 1.29 bits per heavy atom. The van der Waals surface area contributed by atoms with Gasteiger partial charge in [0.2, 0.25) is 0 Å². The van der Waals surface area contributed by atoms with Crippen molar-refractivity contribution in [2.24, 2.45) is 5.92 Å². The lowest BCUT2D eigenvalue weighted by molar-refractivity contribution is -0.0378. The summed E-state index contributed by atoms with van der Waals surface area (Å²) < 4.78 is 5.47. The summed E-state index contributed by atoms with van der Waals surface area (Å²) in [5.41, 5.74) is 0.255. The highest BCUT2D eigenvalue weighted by atomic mass is 16.5. The fourth-order valence-corrected chi connectivity index (χ4v) is 3.32. The number of nitrogens with one attached hydrogen (secondary N) is 1. The minimum Gasteiger partial charge on any atom is -0.379 e. The molecule has 0 spiro atoms. The summed E-state index contributed by atoms with van der Waals surface area (Å²) in [5, 5.41) is 3.74. The number of hydrogen-bond donors (Lipinski definition) is 1. The summed E-state index contributed by atoms with van der Waals surface area (Å²) in [6.07, 6.45) is 4.24. The van der Waals surface area contributed by atoms with Crippen molar-refractivity contribution >= 4 is 0 Å². The molecule has 2 aliphatic rings. The SMILES string of the molecule is CCNC(C1CCC1)C(C)(C)N1CCOCC1. The fraction of sp³-hybridized carbons (Fsp3) is 1.00. The van der Waals surface area contributed by atoms with E-state index in [2.05, 4.69) is 31.0 Å². The number of rotatable bonds is 5. The van der Waals surface area contributed by atoms with E-state index in [0.29, 0.717) is 6.04 Å². The molecule has 3 nitrogen and oxygen atoms in total. The van der Waals surface area contributed by atoms with E-state index in [4.69, 9.17) is 4.74 Å². The molecule has 1 saturated heterocycles. The largest absolute Gasteiger partial charge is 0.379 e. The van der Waals surface area contributed by atoms with Gasteiger partial charge in [-0.1, -0.05) is 13.3 Å². The molecule has 3 heteroatoms. The molecule has 2 fully saturated rings. The summed E-state index contributed by atoms with van der Waals surface area (Å²) in [5.74, 6) is 0.882. The van der Waals surface area contributed by atoms with Crippen molar-refractivity contribution < 1.29 is 4.74 Å². The third-order valence-corrected chi connectivity index (χ3v) is 4.63. The first-order valence-corrected chi connectivity index (χ1v) is 7.22. The van der Waals surface area contributed by atoms with Gasteiger partial charge in [-0.15, -0.1) is 0 Å². The maximum atomic E-state index is 5.47. The first kappa shape index (κ1) is 13.3. The second-order valence-corrected chi connectivity index (χ2v) is 5.98. The summed E-state index contributed by atoms with van der Waals surface area (Å²) in [4.78, 5) is 2.61. The maximum Gasteiger partial charge on any atom is 0.0594 e. The Hall–Kier alpha value is -0.120. The van der Waals surface area contributed by atoms with E-state index in [-0.39, 0.29) is 5.54 Å². The number of ether oxygens (including phenoxy) is 1. The molecule has 1 aliphatic carbocycles. The van der Waals surface area contributed by atoms with Gasteiger partial charge in [-0.05, 0) is 39.2 Å². The first-order valence-electron chi connectivity index (χ1n) is 7.22. The first-order chi connectivity index (χ1) is 8.16. The molecule has 1 N–H and O–H groups in total. The van der Waals surface area contributed by atoms with Crippen molar-refractivity contribution in [1.82, 2.24) is 10.2 Å². The second kappa shape index (κ2) is 5.68. The van der Waals surface area contributed by atoms with E-state index in [0.717, 1.165) is 38.8 Å². The monoisotopic (exact) mass is 240 g/mol. The number of morpholine rings is 1. The Labute approximate surface area is 106 Å². The summed E-state index contributed by atoms with van der Waals surface area (Å²) in [6.45, 7) is 12.1. The van der Waals surface area contributed by atoms with Gasteiger partial charge in [-0.3, -0.25) is 4.90 Å². The van der Waals surface area contributed by atoms with Gasteiger partial charge < -0.3 is 10.1 Å². The molecule has 0 aromatic heterocycles. The van der Waals surface area contributed by atoms with E-state index in [1.165, 1.54) is 19.3 Å². The average molecular weight is 240 g/mol. The lowest BCUT2D eigenvalue weighted by Crippen LogP contribution is -2.63. The van der Waals surface area contributed by atoms with Crippen LogP contribution in [0.15, 0.2) is 0 Å². The van der Waals surface area contributed by atoms with Gasteiger partial charge >= 0.3 is 0 Å². The van der Waals surface area contributed by atoms with Crippen molar-refractivity contribution in [2.75, 3.05) is 32.8 Å². The van der Waals surface area contributed by atoms with E-state index in [1.54, 1.807) is 0 Å². The van der Waals surface area contributed by atoms with E-state index in [1.807, 2.05) is 0 Å². The quantitative estimate of drug-likeness (QED) is 0.794. The molecule has 1 unspecified atom stereocenters. The minimum atomic E-state index is 0.255. The van der Waals surface area contributed by atoms with Crippen LogP contribution in [0.1, 0.15) is 40.0 Å². The van der Waals surface area contributed by atoms with Crippen LogP contribution >= 0.6 is 0 Å². The van der Waals surface area contributed by atoms with Gasteiger partial charge in [0, 0.05) is 24.7 Å². The summed E-state index contributed by atoms with van der Waals surface area (Å²) in [6, 6.07) is 0.638. The van der Waals surface area contributed by atoms with Crippen LogP contribution in [0, 0.1) is 5.92 Å². The lowest BCUT2D eigenvalue weighted by atomic mass is 9.72. The van der Waals surface area contributed by atoms with Gasteiger partial charge in [0.15, 0.2) is 0 Å². The number of likely N-dealkylation sites (N-methyl/N-ethyl adjacent to an activating group) is 1. The molecule has 1 atom stereocenters. The molecule has 0 aromatic carbocycles. The van der Waals surface area contributed by atoms with Crippen LogP contribution in [0.5, 0.6) is 0 Å². The molecule has 1 saturated carbocycles. The highest BCUT2D eigenvalue weighted by Gasteiger charge is 2.41. The van der Waals surface area contributed by atoms with Crippen LogP contribution in [0.4, 0.5) is 0 Å². The van der Waals surface area contributed by atoms with Crippen LogP contribution in [0.25, 0.3) is 0 Å². The zero-order valence-electron chi connectivity index (χ0n) is 11.7. The van der Waals surface area contributed by atoms with Crippen molar-refractivity contribution in [3.8, 4) is 0 Å². The molecule has 0 bridgehead atoms. The maximum absolute atomic E-state index is 5.47. The van der Waals surface area contributed by atoms with Crippen molar-refractivity contribution in [2.45, 2.75) is 51.6 Å². The van der Waals surface area contributed by atoms with Gasteiger partial charge in [0.25, 0.3) is 0 Å². The molecule has 2 rings (SSSR count). The van der Waals surface area contributed by atoms with Gasteiger partial charge in [0.1, 0.15) is 0 Å². The topological polar surface area (TPSA) is 24.5 Å². The van der Waals surface area contributed by atoms with Crippen LogP contribution in [0.3, 0.4) is 0 Å². The highest BCUT2D eigenvalue weighted by Crippen LogP contribution is 2.36. The number of hydrogen-bond acceptors (Lipinski definition) is 3. The third kappa shape index (κ3) is 2.83. The third-order valence-electron chi connectivity index (χ3n) is 4.63. The second-order valence-electron chi connectivity index (χ2n) is 5.98. The Bertz CT molecular complexity index is 232. The Morgan fingerprint density at radius 3 is 2.41 bits per heavy atom. The summed E-state index contributed by atoms with van der Waals surface area (Å²) in [7, 11) is 0. The molecular formula is C14H28N2O. The molecule has 17 heavy (non-hydrogen) atoms. The Kier molecular flexibility index (Phi) is 4.45. The lowest BCUT2D eigenvalue weighted by Gasteiger charge is -2.50. The molecule has 100 valence electrons. The molecule has 0 radical (unpaired) electrons. The zero-order valence-corrected chi connectivity index (χ0v) is 11.7. The Morgan fingerprint density at radius 2 is 1.94 bits per heavy atom. The highest BCUT2D eigenvalue weighted by molar-refractivity contribution is 4.99. The zero-order chi connectivity index (χ0) is 12.3. The molecule has 1 heterocycles. The van der Waals surface area contributed by atoms with Crippen LogP contribution in [-0.4, -0.2) is 49.3 Å². The average Bonchev–Trinajstić information content (AvgIpc) is 2.27. The van der Waals surface area contributed by atoms with Crippen LogP contribution in [0.2, 0.25) is 0 Å². The van der Waals surface area contributed by atoms with E-state index >= 15 is 0 Å². The molecule has 0 aromatic rings.